The summed E-state index contributed by atoms with van der Waals surface area (Å²) in [7, 11) is 0. The molecule has 0 saturated heterocycles. The van der Waals surface area contributed by atoms with Crippen molar-refractivity contribution in [3.05, 3.63) is 0 Å². The molecule has 0 aromatic carbocycles. The van der Waals surface area contributed by atoms with Crippen molar-refractivity contribution in [1.82, 2.24) is 0 Å². The molecule has 0 aromatic rings. The Kier molecular flexibility index (Phi) is 13100. The molecule has 0 spiro atoms. The predicted octanol–water partition coefficient (Wildman–Crippen LogP) is -0.463. The maximum atomic E-state index is 6.50. The number of hydrogen-bond acceptors (Lipinski definition) is 6. The predicted molar refractivity (Wildman–Crippen MR) is 54.3 cm³/mol. The fraction of sp³-hybridized carbons (Fsp3) is 0. The van der Waals surface area contributed by atoms with E-state index in [1.165, 1.54) is 0 Å². The second-order valence-corrected chi connectivity index (χ2v) is 0. The van der Waals surface area contributed by atoms with Crippen molar-refractivity contribution >= 4 is 103 Å². The first-order valence-electron chi connectivity index (χ1n) is 1.55. The summed E-state index contributed by atoms with van der Waals surface area (Å²) >= 11 is 0. The summed E-state index contributed by atoms with van der Waals surface area (Å²) in [5, 5.41) is 39.0. The van der Waals surface area contributed by atoms with Crippen LogP contribution in [0.2, 0.25) is 0 Å². The molecule has 0 N–H and O–H groups in total. The van der Waals surface area contributed by atoms with E-state index >= 15 is 0 Å². The molecule has 0 saturated carbocycles. The zero-order valence-electron chi connectivity index (χ0n) is 6.88. The molecule has 0 aliphatic heterocycles. The van der Waals surface area contributed by atoms with Crippen LogP contribution < -0.4 is 0 Å². The molecule has 6 nitrogen and oxygen atoms in total. The first kappa shape index (κ1) is 86.6. The minimum atomic E-state index is 0. The van der Waals surface area contributed by atoms with E-state index in [1.54, 1.807) is 0 Å². The summed E-state index contributed by atoms with van der Waals surface area (Å²) in [5.74, 6) is 0. The SMILES string of the molecule is C#N.C#N.C#N.C#N.C#N.C#N.[Fe].[KH].[KH].[Mn]. The molecular formula is C6H8FeK2MnN6. The molecule has 0 aliphatic carbocycles. The van der Waals surface area contributed by atoms with E-state index in [0.29, 0.717) is 0 Å². The van der Waals surface area contributed by atoms with E-state index in [-0.39, 0.29) is 137 Å². The van der Waals surface area contributed by atoms with Crippen LogP contribution in [0.3, 0.4) is 0 Å². The van der Waals surface area contributed by atoms with Gasteiger partial charge in [-0.2, -0.15) is 0 Å². The molecule has 0 unspecified atom stereocenters. The molecule has 10 heteroatoms. The Balaban J connectivity index is -0.00000000321. The molecule has 1 radical (unpaired) electrons. The van der Waals surface area contributed by atoms with Gasteiger partial charge in [-0.25, -0.2) is 31.6 Å². The van der Waals surface area contributed by atoms with Crippen LogP contribution in [0.25, 0.3) is 0 Å². The minimum absolute atomic E-state index is 0. The minimum Gasteiger partial charge on any atom is 0 e. The summed E-state index contributed by atoms with van der Waals surface area (Å²) in [5.41, 5.74) is 0. The van der Waals surface area contributed by atoms with Crippen LogP contribution in [0.4, 0.5) is 0 Å². The van der Waals surface area contributed by atoms with E-state index in [9.17, 15) is 0 Å². The van der Waals surface area contributed by atoms with Crippen LogP contribution in [-0.2, 0) is 34.1 Å². The zero-order valence-corrected chi connectivity index (χ0v) is 9.16. The Morgan fingerprint density at radius 2 is 0.375 bits per heavy atom. The third-order valence-corrected chi connectivity index (χ3v) is 0. The van der Waals surface area contributed by atoms with E-state index in [0.717, 1.165) is 0 Å². The van der Waals surface area contributed by atoms with Crippen molar-refractivity contribution in [3.8, 4) is 39.4 Å². The fourth-order valence-electron chi connectivity index (χ4n) is 0. The van der Waals surface area contributed by atoms with Gasteiger partial charge >= 0.3 is 103 Å². The van der Waals surface area contributed by atoms with Crippen LogP contribution in [0.15, 0.2) is 0 Å². The maximum absolute atomic E-state index is 6.50. The van der Waals surface area contributed by atoms with Crippen molar-refractivity contribution in [2.45, 2.75) is 0 Å². The Labute approximate surface area is 203 Å². The quantitative estimate of drug-likeness (QED) is 0.539. The zero-order chi connectivity index (χ0) is 12.0. The van der Waals surface area contributed by atoms with Gasteiger partial charge in [0.25, 0.3) is 0 Å². The van der Waals surface area contributed by atoms with Gasteiger partial charge < -0.3 is 0 Å². The van der Waals surface area contributed by atoms with Gasteiger partial charge in [-0.3, -0.25) is 0 Å². The summed E-state index contributed by atoms with van der Waals surface area (Å²) in [4.78, 5) is 0. The summed E-state index contributed by atoms with van der Waals surface area (Å²) in [6.07, 6.45) is 0. The smallest absolute Gasteiger partial charge is 0 e. The summed E-state index contributed by atoms with van der Waals surface area (Å²) < 4.78 is 0. The molecule has 0 bridgehead atoms. The molecule has 0 atom stereocenters. The van der Waals surface area contributed by atoms with Crippen molar-refractivity contribution in [1.29, 1.82) is 31.6 Å². The average Bonchev–Trinajstić information content (AvgIpc) is 2.33. The van der Waals surface area contributed by atoms with Crippen molar-refractivity contribution in [2.24, 2.45) is 0 Å². The third-order valence-electron chi connectivity index (χ3n) is 0. The van der Waals surface area contributed by atoms with Crippen molar-refractivity contribution in [2.75, 3.05) is 0 Å². The van der Waals surface area contributed by atoms with Crippen molar-refractivity contribution in [3.63, 3.8) is 0 Å². The third kappa shape index (κ3) is 1980. The van der Waals surface area contributed by atoms with Gasteiger partial charge in [0.1, 0.15) is 0 Å². The van der Waals surface area contributed by atoms with Crippen molar-refractivity contribution < 1.29 is 34.1 Å². The molecule has 16 heavy (non-hydrogen) atoms. The van der Waals surface area contributed by atoms with Gasteiger partial charge in [0, 0.05) is 73.6 Å². The second kappa shape index (κ2) is 2410. The van der Waals surface area contributed by atoms with Gasteiger partial charge in [0.15, 0.2) is 0 Å². The van der Waals surface area contributed by atoms with Crippen LogP contribution >= 0.6 is 0 Å². The van der Waals surface area contributed by atoms with Gasteiger partial charge in [0.2, 0.25) is 0 Å². The summed E-state index contributed by atoms with van der Waals surface area (Å²) in [6.45, 7) is 21.0. The van der Waals surface area contributed by atoms with Crippen LogP contribution in [0.1, 0.15) is 0 Å². The largest absolute Gasteiger partial charge is 0 e. The Morgan fingerprint density at radius 1 is 0.375 bits per heavy atom. The van der Waals surface area contributed by atoms with Crippen LogP contribution in [0, 0.1) is 71.0 Å². The molecule has 0 aromatic heterocycles. The molecule has 0 aliphatic rings. The van der Waals surface area contributed by atoms with Crippen LogP contribution in [0.5, 0.6) is 0 Å². The van der Waals surface area contributed by atoms with Crippen LogP contribution in [-0.4, -0.2) is 103 Å². The number of hydrogen-bond donors (Lipinski definition) is 0. The maximum Gasteiger partial charge on any atom is 0 e. The van der Waals surface area contributed by atoms with E-state index in [1.807, 2.05) is 0 Å². The van der Waals surface area contributed by atoms with E-state index in [2.05, 4.69) is 39.4 Å². The Morgan fingerprint density at radius 3 is 0.375 bits per heavy atom. The monoisotopic (exact) mass is 353 g/mol. The molecule has 0 fully saturated rings. The standard InChI is InChI=1S/6CHN.Fe.2K.Mn.2H/c6*1-2;;;;;;/h6*1H;;;;;;. The number of nitrogens with zero attached hydrogens (tertiary/aromatic N) is 6. The normalized spacial score (nSPS) is 0.750. The summed E-state index contributed by atoms with van der Waals surface area (Å²) in [6, 6.07) is 0. The van der Waals surface area contributed by atoms with E-state index in [4.69, 9.17) is 31.6 Å². The Hall–Kier alpha value is 1.25. The first-order chi connectivity index (χ1) is 6.00. The number of rotatable bonds is 0. The fourth-order valence-corrected chi connectivity index (χ4v) is 0. The Bertz CT molecular complexity index is 106. The van der Waals surface area contributed by atoms with Gasteiger partial charge in [0.05, 0.1) is 0 Å². The molecular weight excluding hydrogens is 345 g/mol. The van der Waals surface area contributed by atoms with E-state index < -0.39 is 0 Å². The molecule has 0 heterocycles. The van der Waals surface area contributed by atoms with Gasteiger partial charge in [-0.1, -0.05) is 0 Å². The average molecular weight is 353 g/mol. The van der Waals surface area contributed by atoms with Gasteiger partial charge in [-0.05, 0) is 0 Å². The molecule has 0 amide bonds. The molecule has 79 valence electrons. The topological polar surface area (TPSA) is 143 Å². The van der Waals surface area contributed by atoms with Gasteiger partial charge in [-0.15, -0.1) is 0 Å². The second-order valence-electron chi connectivity index (χ2n) is 0. The number of nitriles is 6. The first-order valence-corrected chi connectivity index (χ1v) is 1.55. The molecule has 0 rings (SSSR count).